The second-order valence-electron chi connectivity index (χ2n) is 8.45. The number of halogens is 8. The molecule has 2 heterocycles. The predicted molar refractivity (Wildman–Crippen MR) is 126 cm³/mol. The average molecular weight is 646 g/mol. The summed E-state index contributed by atoms with van der Waals surface area (Å²) in [7, 11) is -11.2. The van der Waals surface area contributed by atoms with Gasteiger partial charge in [0.15, 0.2) is 0 Å². The van der Waals surface area contributed by atoms with Crippen molar-refractivity contribution in [3.63, 3.8) is 0 Å². The first-order valence-electron chi connectivity index (χ1n) is 10.9. The van der Waals surface area contributed by atoms with Gasteiger partial charge in [0.2, 0.25) is 5.91 Å². The van der Waals surface area contributed by atoms with E-state index < -0.39 is 36.9 Å². The Morgan fingerprint density at radius 1 is 0.974 bits per heavy atom. The lowest BCUT2D eigenvalue weighted by Gasteiger charge is -2.30. The minimum atomic E-state index is -5.71. The quantitative estimate of drug-likeness (QED) is 0.258. The van der Waals surface area contributed by atoms with Gasteiger partial charge in [-0.1, -0.05) is 23.2 Å². The fourth-order valence-electron chi connectivity index (χ4n) is 3.89. The molecule has 218 valence electrons. The number of aryl methyl sites for hydroxylation is 1. The van der Waals surface area contributed by atoms with E-state index in [-0.39, 0.29) is 26.1 Å². The van der Waals surface area contributed by atoms with Gasteiger partial charge in [-0.05, 0) is 38.2 Å². The van der Waals surface area contributed by atoms with Crippen LogP contribution < -0.4 is 4.18 Å². The Kier molecular flexibility index (Phi) is 8.80. The summed E-state index contributed by atoms with van der Waals surface area (Å²) in [5.74, 6) is -0.646. The highest BCUT2D eigenvalue weighted by atomic mass is 35.5. The molecule has 1 fully saturated rings. The molecule has 1 saturated heterocycles. The highest BCUT2D eigenvalue weighted by Crippen LogP contribution is 2.37. The lowest BCUT2D eigenvalue weighted by atomic mass is 9.92. The summed E-state index contributed by atoms with van der Waals surface area (Å²) in [5.41, 5.74) is -9.76. The largest absolute Gasteiger partial charge is 0.534 e. The van der Waals surface area contributed by atoms with Crippen molar-refractivity contribution in [1.82, 2.24) is 14.1 Å². The van der Waals surface area contributed by atoms with E-state index in [9.17, 15) is 48.0 Å². The molecule has 0 saturated carbocycles. The Morgan fingerprint density at radius 3 is 2.05 bits per heavy atom. The van der Waals surface area contributed by atoms with Crippen LogP contribution in [0.4, 0.5) is 26.3 Å². The van der Waals surface area contributed by atoms with Crippen LogP contribution in [-0.4, -0.2) is 54.4 Å². The normalized spacial score (nSPS) is 18.4. The minimum Gasteiger partial charge on any atom is -0.376 e. The number of hydrogen-bond acceptors (Lipinski definition) is 7. The van der Waals surface area contributed by atoms with Crippen molar-refractivity contribution < 1.29 is 52.2 Å². The van der Waals surface area contributed by atoms with Gasteiger partial charge in [-0.2, -0.15) is 52.4 Å². The van der Waals surface area contributed by atoms with Crippen molar-refractivity contribution in [2.45, 2.75) is 56.1 Å². The van der Waals surface area contributed by atoms with Crippen LogP contribution in [0.1, 0.15) is 48.5 Å². The fourth-order valence-corrected chi connectivity index (χ4v) is 5.47. The summed E-state index contributed by atoms with van der Waals surface area (Å²) >= 11 is 11.2. The number of aromatic nitrogens is 2. The summed E-state index contributed by atoms with van der Waals surface area (Å²) in [6.45, 7) is 2.06. The number of carbonyl (C=O) groups excluding carboxylic acids is 1. The van der Waals surface area contributed by atoms with Crippen molar-refractivity contribution in [3.05, 3.63) is 45.2 Å². The monoisotopic (exact) mass is 645 g/mol. The fraction of sp³-hybridized carbons (Fsp3) is 0.500. The summed E-state index contributed by atoms with van der Waals surface area (Å²) in [5, 5.41) is 3.62. The number of nitrogens with zero attached hydrogens (tertiary/aromatic N) is 3. The third kappa shape index (κ3) is 6.57. The number of amides is 1. The molecular weight excluding hydrogens is 627 g/mol. The zero-order valence-electron chi connectivity index (χ0n) is 19.7. The van der Waals surface area contributed by atoms with Crippen molar-refractivity contribution in [2.24, 2.45) is 0 Å². The first-order chi connectivity index (χ1) is 17.8. The Balaban J connectivity index is 0.000000224. The molecule has 1 aliphatic carbocycles. The number of hydrogen-bond donors (Lipinski definition) is 0. The molecule has 39 heavy (non-hydrogen) atoms. The highest BCUT2D eigenvalue weighted by Gasteiger charge is 2.49. The number of benzene rings is 1. The van der Waals surface area contributed by atoms with Crippen LogP contribution in [0.3, 0.4) is 0 Å². The van der Waals surface area contributed by atoms with Crippen molar-refractivity contribution in [2.75, 3.05) is 6.54 Å². The molecule has 9 nitrogen and oxygen atoms in total. The molecular formula is C20H19Cl2F6N3O6S2. The van der Waals surface area contributed by atoms with E-state index in [0.717, 1.165) is 18.3 Å². The molecule has 1 aromatic carbocycles. The third-order valence-corrected chi connectivity index (χ3v) is 8.85. The van der Waals surface area contributed by atoms with Gasteiger partial charge in [0, 0.05) is 46.9 Å². The minimum absolute atomic E-state index is 0.00344. The van der Waals surface area contributed by atoms with Gasteiger partial charge in [0.1, 0.15) is 5.75 Å². The second-order valence-corrected chi connectivity index (χ2v) is 12.6. The Bertz CT molecular complexity index is 1450. The molecule has 0 N–H and O–H groups in total. The molecule has 19 heteroatoms. The van der Waals surface area contributed by atoms with Crippen LogP contribution in [0.5, 0.6) is 5.75 Å². The summed E-state index contributed by atoms with van der Waals surface area (Å²) in [4.78, 5) is 13.5. The maximum absolute atomic E-state index is 12.6. The smallest absolute Gasteiger partial charge is 0.376 e. The van der Waals surface area contributed by atoms with Gasteiger partial charge in [-0.25, -0.2) is 0 Å². The number of rotatable bonds is 4. The molecule has 0 spiro atoms. The molecule has 1 aliphatic heterocycles. The van der Waals surface area contributed by atoms with Gasteiger partial charge in [0.25, 0.3) is 0 Å². The molecule has 1 atom stereocenters. The van der Waals surface area contributed by atoms with Crippen molar-refractivity contribution >= 4 is 49.3 Å². The number of fused-ring (bicyclic) bond motifs is 1. The topological polar surface area (TPSA) is 116 Å². The Hall–Kier alpha value is -2.24. The zero-order valence-corrected chi connectivity index (χ0v) is 22.8. The van der Waals surface area contributed by atoms with Gasteiger partial charge in [0.05, 0.1) is 11.7 Å². The maximum Gasteiger partial charge on any atom is 0.534 e. The first-order valence-corrected chi connectivity index (χ1v) is 14.5. The second kappa shape index (κ2) is 11.0. The third-order valence-electron chi connectivity index (χ3n) is 5.82. The molecule has 2 aliphatic rings. The van der Waals surface area contributed by atoms with Crippen LogP contribution in [0.2, 0.25) is 10.0 Å². The number of likely N-dealkylation sites (tertiary alicyclic amines) is 1. The van der Waals surface area contributed by atoms with Crippen LogP contribution in [0.25, 0.3) is 0 Å². The molecule has 0 bridgehead atoms. The van der Waals surface area contributed by atoms with E-state index in [1.165, 1.54) is 6.92 Å². The number of carbonyl (C=O) groups is 1. The van der Waals surface area contributed by atoms with Crippen LogP contribution >= 0.6 is 23.2 Å². The summed E-state index contributed by atoms with van der Waals surface area (Å²) in [6.07, 6.45) is 3.71. The van der Waals surface area contributed by atoms with E-state index >= 15 is 0 Å². The van der Waals surface area contributed by atoms with Crippen molar-refractivity contribution in [1.29, 1.82) is 0 Å². The molecule has 1 amide bonds. The van der Waals surface area contributed by atoms with Crippen molar-refractivity contribution in [3.8, 4) is 5.75 Å². The highest BCUT2D eigenvalue weighted by molar-refractivity contribution is 7.90. The van der Waals surface area contributed by atoms with Gasteiger partial charge in [-0.3, -0.25) is 4.79 Å². The van der Waals surface area contributed by atoms with E-state index in [1.807, 2.05) is 0 Å². The van der Waals surface area contributed by atoms with Crippen LogP contribution in [-0.2, 0) is 31.4 Å². The van der Waals surface area contributed by atoms with E-state index in [2.05, 4.69) is 9.28 Å². The van der Waals surface area contributed by atoms with Gasteiger partial charge < -0.3 is 9.08 Å². The van der Waals surface area contributed by atoms with Gasteiger partial charge >= 0.3 is 31.2 Å². The summed E-state index contributed by atoms with van der Waals surface area (Å²) < 4.78 is 122. The molecule has 1 aromatic heterocycles. The molecule has 4 rings (SSSR count). The Labute approximate surface area is 228 Å². The zero-order chi connectivity index (χ0) is 29.6. The lowest BCUT2D eigenvalue weighted by Crippen LogP contribution is -2.32. The van der Waals surface area contributed by atoms with Crippen LogP contribution in [0, 0.1) is 6.92 Å². The lowest BCUT2D eigenvalue weighted by molar-refractivity contribution is -0.130. The van der Waals surface area contributed by atoms with E-state index in [4.69, 9.17) is 23.2 Å². The van der Waals surface area contributed by atoms with E-state index in [0.29, 0.717) is 55.5 Å². The SMILES string of the molecule is Cc1c(Cl)cc(OS(=O)(=O)C(F)(F)F)cc1Cl.O=C1CCCN1C1CCCc2nn(S(=O)(=O)C(F)(F)F)cc21. The number of alkyl halides is 6. The average Bonchev–Trinajstić information content (AvgIpc) is 3.42. The molecule has 1 unspecified atom stereocenters. The van der Waals surface area contributed by atoms with Crippen LogP contribution in [0.15, 0.2) is 18.3 Å². The molecule has 0 radical (unpaired) electrons. The standard InChI is InChI=1S/C12H14F3N3O3S.C8H5Cl2F3O3S/c13-12(14,15)22(20,21)18-7-8-9(16-18)3-1-4-10(8)17-6-2-5-11(17)19;1-4-6(9)2-5(3-7(4)10)16-17(14,15)8(11,12)13/h7,10H,1-6H2;2-3H,1H3. The van der Waals surface area contributed by atoms with Gasteiger partial charge in [-0.15, -0.1) is 0 Å². The maximum atomic E-state index is 12.6. The predicted octanol–water partition coefficient (Wildman–Crippen LogP) is 5.11. The van der Waals surface area contributed by atoms with E-state index in [1.54, 1.807) is 4.90 Å². The molecule has 2 aromatic rings. The summed E-state index contributed by atoms with van der Waals surface area (Å²) in [6, 6.07) is 1.49. The Morgan fingerprint density at radius 2 is 1.56 bits per heavy atom. The first kappa shape index (κ1) is 31.3.